The van der Waals surface area contributed by atoms with Crippen LogP contribution in [0.2, 0.25) is 0 Å². The van der Waals surface area contributed by atoms with Crippen LogP contribution in [0.4, 0.5) is 0 Å². The molecule has 0 saturated carbocycles. The van der Waals surface area contributed by atoms with Gasteiger partial charge in [0, 0.05) is 5.75 Å². The highest BCUT2D eigenvalue weighted by atomic mass is 32.2. The van der Waals surface area contributed by atoms with Crippen LogP contribution >= 0.6 is 11.8 Å². The van der Waals surface area contributed by atoms with Crippen LogP contribution in [-0.4, -0.2) is 10.2 Å². The molecule has 0 spiro atoms. The molecule has 0 aliphatic rings. The first-order chi connectivity index (χ1) is 8.15. The number of aromatic nitrogens is 2. The molecule has 0 aliphatic carbocycles. The van der Waals surface area contributed by atoms with E-state index in [-0.39, 0.29) is 6.04 Å². The molecule has 1 atom stereocenters. The van der Waals surface area contributed by atoms with E-state index in [1.807, 2.05) is 6.92 Å². The molecular formula is C12H15N3OS. The highest BCUT2D eigenvalue weighted by Gasteiger charge is 2.10. The second-order valence-corrected chi connectivity index (χ2v) is 4.90. The quantitative estimate of drug-likeness (QED) is 0.844. The van der Waals surface area contributed by atoms with Crippen LogP contribution < -0.4 is 5.73 Å². The summed E-state index contributed by atoms with van der Waals surface area (Å²) < 4.78 is 5.41. The van der Waals surface area contributed by atoms with Gasteiger partial charge < -0.3 is 10.2 Å². The van der Waals surface area contributed by atoms with Gasteiger partial charge in [0.1, 0.15) is 0 Å². The van der Waals surface area contributed by atoms with Crippen molar-refractivity contribution in [2.45, 2.75) is 30.9 Å². The Balaban J connectivity index is 1.95. The number of rotatable bonds is 4. The van der Waals surface area contributed by atoms with Crippen LogP contribution in [0.5, 0.6) is 0 Å². The van der Waals surface area contributed by atoms with E-state index in [0.29, 0.717) is 11.1 Å². The maximum Gasteiger partial charge on any atom is 0.276 e. The van der Waals surface area contributed by atoms with E-state index in [0.717, 1.165) is 5.75 Å². The number of benzene rings is 1. The van der Waals surface area contributed by atoms with Gasteiger partial charge >= 0.3 is 0 Å². The summed E-state index contributed by atoms with van der Waals surface area (Å²) in [5.41, 5.74) is 8.14. The van der Waals surface area contributed by atoms with Crippen molar-refractivity contribution in [2.75, 3.05) is 0 Å². The van der Waals surface area contributed by atoms with Gasteiger partial charge in [-0.2, -0.15) is 0 Å². The van der Waals surface area contributed by atoms with Gasteiger partial charge in [0.2, 0.25) is 5.89 Å². The van der Waals surface area contributed by atoms with Crippen molar-refractivity contribution in [3.63, 3.8) is 0 Å². The zero-order chi connectivity index (χ0) is 12.3. The first-order valence-electron chi connectivity index (χ1n) is 5.42. The zero-order valence-electron chi connectivity index (χ0n) is 9.88. The van der Waals surface area contributed by atoms with Crippen molar-refractivity contribution in [3.8, 4) is 0 Å². The predicted molar refractivity (Wildman–Crippen MR) is 67.6 cm³/mol. The van der Waals surface area contributed by atoms with Gasteiger partial charge in [-0.25, -0.2) is 0 Å². The fourth-order valence-electron chi connectivity index (χ4n) is 1.29. The van der Waals surface area contributed by atoms with E-state index < -0.39 is 0 Å². The van der Waals surface area contributed by atoms with Crippen molar-refractivity contribution in [1.82, 2.24) is 10.2 Å². The highest BCUT2D eigenvalue weighted by Crippen LogP contribution is 2.22. The Labute approximate surface area is 105 Å². The lowest BCUT2D eigenvalue weighted by molar-refractivity contribution is 0.394. The number of aryl methyl sites for hydroxylation is 1. The monoisotopic (exact) mass is 249 g/mol. The van der Waals surface area contributed by atoms with Crippen LogP contribution in [-0.2, 0) is 5.75 Å². The first kappa shape index (κ1) is 12.1. The Morgan fingerprint density at radius 2 is 2.00 bits per heavy atom. The lowest BCUT2D eigenvalue weighted by atomic mass is 10.2. The lowest BCUT2D eigenvalue weighted by Gasteiger charge is -1.99. The summed E-state index contributed by atoms with van der Waals surface area (Å²) >= 11 is 1.52. The molecule has 1 aromatic carbocycles. The maximum absolute atomic E-state index is 5.65. The molecule has 17 heavy (non-hydrogen) atoms. The third kappa shape index (κ3) is 3.31. The van der Waals surface area contributed by atoms with Gasteiger partial charge in [-0.3, -0.25) is 0 Å². The molecule has 0 fully saturated rings. The van der Waals surface area contributed by atoms with Crippen LogP contribution in [0.3, 0.4) is 0 Å². The minimum absolute atomic E-state index is 0.212. The summed E-state index contributed by atoms with van der Waals surface area (Å²) in [5, 5.41) is 8.38. The molecule has 0 radical (unpaired) electrons. The molecule has 0 amide bonds. The number of nitrogens with two attached hydrogens (primary N) is 1. The Bertz CT molecular complexity index is 479. The summed E-state index contributed by atoms with van der Waals surface area (Å²) in [6.45, 7) is 3.89. The largest absolute Gasteiger partial charge is 0.414 e. The highest BCUT2D eigenvalue weighted by molar-refractivity contribution is 7.98. The lowest BCUT2D eigenvalue weighted by Crippen LogP contribution is -2.04. The summed E-state index contributed by atoms with van der Waals surface area (Å²) in [7, 11) is 0. The summed E-state index contributed by atoms with van der Waals surface area (Å²) in [6.07, 6.45) is 0. The molecule has 2 rings (SSSR count). The van der Waals surface area contributed by atoms with Crippen molar-refractivity contribution in [2.24, 2.45) is 5.73 Å². The summed E-state index contributed by atoms with van der Waals surface area (Å²) in [5.74, 6) is 1.30. The average molecular weight is 249 g/mol. The zero-order valence-corrected chi connectivity index (χ0v) is 10.7. The van der Waals surface area contributed by atoms with Gasteiger partial charge in [-0.05, 0) is 19.4 Å². The smallest absolute Gasteiger partial charge is 0.276 e. The van der Waals surface area contributed by atoms with Crippen LogP contribution in [0.1, 0.15) is 30.0 Å². The molecular weight excluding hydrogens is 234 g/mol. The summed E-state index contributed by atoms with van der Waals surface area (Å²) in [6, 6.07) is 8.18. The van der Waals surface area contributed by atoms with Gasteiger partial charge in [0.25, 0.3) is 5.22 Å². The predicted octanol–water partition coefficient (Wildman–Crippen LogP) is 2.69. The standard InChI is InChI=1S/C12H15N3OS/c1-8-3-5-10(6-4-8)7-17-12-15-14-11(16-12)9(2)13/h3-6,9H,7,13H2,1-2H3/t9-/m0/s1. The number of hydrogen-bond donors (Lipinski definition) is 1. The Morgan fingerprint density at radius 1 is 1.29 bits per heavy atom. The van der Waals surface area contributed by atoms with Gasteiger partial charge in [-0.1, -0.05) is 41.6 Å². The van der Waals surface area contributed by atoms with Crippen molar-refractivity contribution in [3.05, 3.63) is 41.3 Å². The van der Waals surface area contributed by atoms with E-state index in [1.165, 1.54) is 22.9 Å². The Morgan fingerprint density at radius 3 is 2.59 bits per heavy atom. The fourth-order valence-corrected chi connectivity index (χ4v) is 2.02. The molecule has 0 aliphatic heterocycles. The molecule has 90 valence electrons. The molecule has 0 bridgehead atoms. The van der Waals surface area contributed by atoms with E-state index in [1.54, 1.807) is 0 Å². The first-order valence-corrected chi connectivity index (χ1v) is 6.41. The normalized spacial score (nSPS) is 12.6. The number of hydrogen-bond acceptors (Lipinski definition) is 5. The summed E-state index contributed by atoms with van der Waals surface area (Å²) in [4.78, 5) is 0. The van der Waals surface area contributed by atoms with E-state index >= 15 is 0 Å². The number of nitrogens with zero attached hydrogens (tertiary/aromatic N) is 2. The number of thioether (sulfide) groups is 1. The molecule has 1 heterocycles. The molecule has 0 unspecified atom stereocenters. The van der Waals surface area contributed by atoms with E-state index in [2.05, 4.69) is 41.4 Å². The van der Waals surface area contributed by atoms with Gasteiger partial charge in [0.15, 0.2) is 0 Å². The second-order valence-electron chi connectivity index (χ2n) is 3.97. The molecule has 0 saturated heterocycles. The van der Waals surface area contributed by atoms with E-state index in [9.17, 15) is 0 Å². The van der Waals surface area contributed by atoms with Gasteiger partial charge in [-0.15, -0.1) is 10.2 Å². The van der Waals surface area contributed by atoms with Crippen molar-refractivity contribution in [1.29, 1.82) is 0 Å². The molecule has 2 aromatic rings. The molecule has 4 nitrogen and oxygen atoms in total. The third-order valence-electron chi connectivity index (χ3n) is 2.29. The van der Waals surface area contributed by atoms with Crippen molar-refractivity contribution < 1.29 is 4.42 Å². The van der Waals surface area contributed by atoms with Crippen LogP contribution in [0.15, 0.2) is 33.9 Å². The van der Waals surface area contributed by atoms with Crippen LogP contribution in [0, 0.1) is 6.92 Å². The van der Waals surface area contributed by atoms with E-state index in [4.69, 9.17) is 10.2 Å². The minimum Gasteiger partial charge on any atom is -0.414 e. The molecule has 1 aromatic heterocycles. The minimum atomic E-state index is -0.212. The molecule has 2 N–H and O–H groups in total. The van der Waals surface area contributed by atoms with Crippen LogP contribution in [0.25, 0.3) is 0 Å². The SMILES string of the molecule is Cc1ccc(CSc2nnc([C@H](C)N)o2)cc1. The van der Waals surface area contributed by atoms with Crippen molar-refractivity contribution >= 4 is 11.8 Å². The fraction of sp³-hybridized carbons (Fsp3) is 0.333. The Hall–Kier alpha value is -1.33. The maximum atomic E-state index is 5.65. The molecule has 5 heteroatoms. The topological polar surface area (TPSA) is 64.9 Å². The van der Waals surface area contributed by atoms with Gasteiger partial charge in [0.05, 0.1) is 6.04 Å². The second kappa shape index (κ2) is 5.33. The average Bonchev–Trinajstić information content (AvgIpc) is 2.77. The third-order valence-corrected chi connectivity index (χ3v) is 3.18. The Kier molecular flexibility index (Phi) is 3.81.